The average molecular weight is 571 g/mol. The van der Waals surface area contributed by atoms with Crippen molar-refractivity contribution < 1.29 is 29.0 Å². The number of ether oxygens (including phenoxy) is 2. The Balaban J connectivity index is 2.33. The maximum atomic E-state index is 13.5. The van der Waals surface area contributed by atoms with Gasteiger partial charge in [0.2, 0.25) is 0 Å². The molecule has 0 fully saturated rings. The van der Waals surface area contributed by atoms with E-state index in [0.717, 1.165) is 16.7 Å². The van der Waals surface area contributed by atoms with Crippen molar-refractivity contribution in [2.45, 2.75) is 85.2 Å². The van der Waals surface area contributed by atoms with Gasteiger partial charge in [-0.15, -0.1) is 0 Å². The standard InChI is InChI=1S/C31H46N4O6/c1-21-14-16-22(17-15-21)18-24(32-29(39)41-31(5,6)7)25(36)20-35(19-23-12-10-9-11-13-23)34-27(37)26(30(2,3)4)33-28(38)40-8/h9-17,24-26,36H,18-20H2,1-8H3,(H,32,39)(H,33,38)(H,34,37)/t24-,25-,26+/m0/s1. The molecule has 10 nitrogen and oxygen atoms in total. The molecule has 226 valence electrons. The van der Waals surface area contributed by atoms with Crippen LogP contribution in [0.1, 0.15) is 58.2 Å². The van der Waals surface area contributed by atoms with Crippen molar-refractivity contribution in [3.63, 3.8) is 0 Å². The monoisotopic (exact) mass is 570 g/mol. The summed E-state index contributed by atoms with van der Waals surface area (Å²) in [6.07, 6.45) is -2.14. The largest absolute Gasteiger partial charge is 0.453 e. The zero-order chi connectivity index (χ0) is 30.8. The number of amides is 3. The van der Waals surface area contributed by atoms with Gasteiger partial charge in [-0.3, -0.25) is 10.2 Å². The van der Waals surface area contributed by atoms with E-state index in [2.05, 4.69) is 16.1 Å². The molecule has 0 saturated carbocycles. The lowest BCUT2D eigenvalue weighted by Crippen LogP contribution is -2.59. The molecular formula is C31H46N4O6. The second-order valence-electron chi connectivity index (χ2n) is 12.3. The summed E-state index contributed by atoms with van der Waals surface area (Å²) in [4.78, 5) is 38.2. The van der Waals surface area contributed by atoms with Gasteiger partial charge < -0.3 is 25.2 Å². The van der Waals surface area contributed by atoms with Gasteiger partial charge in [0.15, 0.2) is 0 Å². The fourth-order valence-electron chi connectivity index (χ4n) is 4.10. The summed E-state index contributed by atoms with van der Waals surface area (Å²) in [7, 11) is 1.23. The van der Waals surface area contributed by atoms with Crippen LogP contribution in [0.15, 0.2) is 54.6 Å². The number of benzene rings is 2. The molecule has 0 bridgehead atoms. The molecule has 0 heterocycles. The van der Waals surface area contributed by atoms with Gasteiger partial charge in [-0.25, -0.2) is 14.6 Å². The zero-order valence-electron chi connectivity index (χ0n) is 25.5. The molecule has 0 unspecified atom stereocenters. The Morgan fingerprint density at radius 2 is 1.49 bits per heavy atom. The molecule has 2 aromatic rings. The maximum absolute atomic E-state index is 13.5. The SMILES string of the molecule is COC(=O)N[C@H](C(=O)NN(Cc1ccccc1)C[C@H](O)[C@H](Cc1ccc(C)cc1)NC(=O)OC(C)(C)C)C(C)(C)C. The lowest BCUT2D eigenvalue weighted by atomic mass is 9.86. The van der Waals surface area contributed by atoms with Crippen molar-refractivity contribution >= 4 is 18.1 Å². The van der Waals surface area contributed by atoms with E-state index in [1.54, 1.807) is 25.8 Å². The van der Waals surface area contributed by atoms with Crippen molar-refractivity contribution in [2.24, 2.45) is 5.41 Å². The van der Waals surface area contributed by atoms with Crippen LogP contribution < -0.4 is 16.1 Å². The van der Waals surface area contributed by atoms with E-state index < -0.39 is 47.3 Å². The molecule has 0 aliphatic heterocycles. The van der Waals surface area contributed by atoms with Crippen LogP contribution in [0.3, 0.4) is 0 Å². The van der Waals surface area contributed by atoms with Gasteiger partial charge in [-0.05, 0) is 50.7 Å². The summed E-state index contributed by atoms with van der Waals surface area (Å²) in [5.41, 5.74) is 4.42. The minimum absolute atomic E-state index is 0.0257. The van der Waals surface area contributed by atoms with Crippen molar-refractivity contribution in [2.75, 3.05) is 13.7 Å². The van der Waals surface area contributed by atoms with Crippen LogP contribution in [-0.4, -0.2) is 65.7 Å². The summed E-state index contributed by atoms with van der Waals surface area (Å²) < 4.78 is 10.2. The molecule has 3 amide bonds. The molecule has 0 saturated heterocycles. The number of aryl methyl sites for hydroxylation is 1. The van der Waals surface area contributed by atoms with Gasteiger partial charge in [0.1, 0.15) is 11.6 Å². The highest BCUT2D eigenvalue weighted by molar-refractivity contribution is 5.86. The minimum atomic E-state index is -1.10. The zero-order valence-corrected chi connectivity index (χ0v) is 25.5. The Labute approximate surface area is 243 Å². The fourth-order valence-corrected chi connectivity index (χ4v) is 4.10. The van der Waals surface area contributed by atoms with Crippen molar-refractivity contribution in [1.82, 2.24) is 21.1 Å². The van der Waals surface area contributed by atoms with Crippen molar-refractivity contribution in [1.29, 1.82) is 0 Å². The molecule has 41 heavy (non-hydrogen) atoms. The Hall–Kier alpha value is -3.63. The van der Waals surface area contributed by atoms with Crippen molar-refractivity contribution in [3.05, 3.63) is 71.3 Å². The van der Waals surface area contributed by atoms with Crippen LogP contribution in [0.2, 0.25) is 0 Å². The van der Waals surface area contributed by atoms with Gasteiger partial charge in [-0.1, -0.05) is 80.9 Å². The van der Waals surface area contributed by atoms with Crippen LogP contribution in [0.25, 0.3) is 0 Å². The lowest BCUT2D eigenvalue weighted by molar-refractivity contribution is -0.131. The van der Waals surface area contributed by atoms with Crippen LogP contribution in [0.4, 0.5) is 9.59 Å². The number of nitrogens with one attached hydrogen (secondary N) is 3. The van der Waals surface area contributed by atoms with Crippen LogP contribution >= 0.6 is 0 Å². The van der Waals surface area contributed by atoms with E-state index in [0.29, 0.717) is 6.42 Å². The molecule has 0 spiro atoms. The number of alkyl carbamates (subject to hydrolysis) is 2. The van der Waals surface area contributed by atoms with Crippen LogP contribution in [0.5, 0.6) is 0 Å². The van der Waals surface area contributed by atoms with E-state index in [-0.39, 0.29) is 13.1 Å². The first-order valence-electron chi connectivity index (χ1n) is 13.7. The van der Waals surface area contributed by atoms with E-state index in [1.165, 1.54) is 7.11 Å². The molecule has 3 atom stereocenters. The number of hydrogen-bond donors (Lipinski definition) is 4. The maximum Gasteiger partial charge on any atom is 0.407 e. The van der Waals surface area contributed by atoms with E-state index in [4.69, 9.17) is 9.47 Å². The Bertz CT molecular complexity index is 1130. The van der Waals surface area contributed by atoms with E-state index in [1.807, 2.05) is 82.3 Å². The summed E-state index contributed by atoms with van der Waals surface area (Å²) >= 11 is 0. The quantitative estimate of drug-likeness (QED) is 0.300. The first-order valence-corrected chi connectivity index (χ1v) is 13.7. The fraction of sp³-hybridized carbons (Fsp3) is 0.516. The molecular weight excluding hydrogens is 524 g/mol. The van der Waals surface area contributed by atoms with Gasteiger partial charge in [0.25, 0.3) is 5.91 Å². The predicted molar refractivity (Wildman–Crippen MR) is 158 cm³/mol. The highest BCUT2D eigenvalue weighted by Gasteiger charge is 2.35. The Kier molecular flexibility index (Phi) is 12.2. The number of hydrazine groups is 1. The molecule has 0 aliphatic rings. The Morgan fingerprint density at radius 1 is 0.878 bits per heavy atom. The van der Waals surface area contributed by atoms with Crippen LogP contribution in [-0.2, 0) is 27.2 Å². The Morgan fingerprint density at radius 3 is 2.02 bits per heavy atom. The summed E-state index contributed by atoms with van der Waals surface area (Å²) in [5.74, 6) is -0.471. The highest BCUT2D eigenvalue weighted by Crippen LogP contribution is 2.20. The molecule has 0 radical (unpaired) electrons. The molecule has 10 heteroatoms. The summed E-state index contributed by atoms with van der Waals surface area (Å²) in [5, 5.41) is 18.5. The van der Waals surface area contributed by atoms with E-state index >= 15 is 0 Å². The third kappa shape index (κ3) is 12.2. The van der Waals surface area contributed by atoms with Gasteiger partial charge >= 0.3 is 12.2 Å². The number of carbonyl (C=O) groups is 3. The predicted octanol–water partition coefficient (Wildman–Crippen LogP) is 4.10. The van der Waals surface area contributed by atoms with Crippen molar-refractivity contribution in [3.8, 4) is 0 Å². The second kappa shape index (κ2) is 14.8. The lowest BCUT2D eigenvalue weighted by Gasteiger charge is -2.34. The third-order valence-electron chi connectivity index (χ3n) is 6.21. The molecule has 2 aromatic carbocycles. The molecule has 4 N–H and O–H groups in total. The number of methoxy groups -OCH3 is 1. The van der Waals surface area contributed by atoms with Gasteiger partial charge in [0.05, 0.1) is 19.3 Å². The van der Waals surface area contributed by atoms with Crippen LogP contribution in [0, 0.1) is 12.3 Å². The first-order chi connectivity index (χ1) is 19.1. The average Bonchev–Trinajstić information content (AvgIpc) is 2.86. The smallest absolute Gasteiger partial charge is 0.407 e. The molecule has 2 rings (SSSR count). The number of aliphatic hydroxyl groups excluding tert-OH is 1. The molecule has 0 aliphatic carbocycles. The topological polar surface area (TPSA) is 129 Å². The summed E-state index contributed by atoms with van der Waals surface area (Å²) in [6, 6.07) is 15.6. The minimum Gasteiger partial charge on any atom is -0.453 e. The number of carbonyl (C=O) groups excluding carboxylic acids is 3. The first kappa shape index (κ1) is 33.6. The van der Waals surface area contributed by atoms with E-state index in [9.17, 15) is 19.5 Å². The highest BCUT2D eigenvalue weighted by atomic mass is 16.6. The normalized spacial score (nSPS) is 14.0. The second-order valence-corrected chi connectivity index (χ2v) is 12.3. The number of hydrogen-bond acceptors (Lipinski definition) is 7. The van der Waals surface area contributed by atoms with Gasteiger partial charge in [-0.2, -0.15) is 0 Å². The summed E-state index contributed by atoms with van der Waals surface area (Å²) in [6.45, 7) is 13.0. The number of rotatable bonds is 11. The third-order valence-corrected chi connectivity index (χ3v) is 6.21. The van der Waals surface area contributed by atoms with Gasteiger partial charge in [0, 0.05) is 13.1 Å². The number of aliphatic hydroxyl groups is 1. The molecule has 0 aromatic heterocycles. The number of nitrogens with zero attached hydrogens (tertiary/aromatic N) is 1.